The third-order valence-corrected chi connectivity index (χ3v) is 6.06. The number of imidazole rings is 1. The van der Waals surface area contributed by atoms with E-state index in [2.05, 4.69) is 21.0 Å². The van der Waals surface area contributed by atoms with E-state index in [-0.39, 0.29) is 24.8 Å². The van der Waals surface area contributed by atoms with Crippen LogP contribution in [0.2, 0.25) is 0 Å². The second kappa shape index (κ2) is 5.13. The molecule has 1 aliphatic carbocycles. The van der Waals surface area contributed by atoms with Crippen LogP contribution in [0.25, 0.3) is 11.3 Å². The normalized spacial score (nSPS) is 25.0. The molecule has 6 heteroatoms. The van der Waals surface area contributed by atoms with Gasteiger partial charge in [-0.25, -0.2) is 13.8 Å². The van der Waals surface area contributed by atoms with Gasteiger partial charge in [-0.3, -0.25) is 0 Å². The van der Waals surface area contributed by atoms with Crippen molar-refractivity contribution in [3.63, 3.8) is 0 Å². The van der Waals surface area contributed by atoms with Gasteiger partial charge in [0.1, 0.15) is 0 Å². The molecular formula is C16H18F2N2OS. The second-order valence-electron chi connectivity index (χ2n) is 6.40. The van der Waals surface area contributed by atoms with Gasteiger partial charge in [-0.05, 0) is 36.6 Å². The first-order valence-corrected chi connectivity index (χ1v) is 8.58. The predicted octanol–water partition coefficient (Wildman–Crippen LogP) is 4.09. The van der Waals surface area contributed by atoms with Crippen molar-refractivity contribution in [3.8, 4) is 11.3 Å². The Kier molecular flexibility index (Phi) is 3.34. The summed E-state index contributed by atoms with van der Waals surface area (Å²) in [5.74, 6) is -2.56. The summed E-state index contributed by atoms with van der Waals surface area (Å²) in [6.45, 7) is 0. The van der Waals surface area contributed by atoms with Crippen LogP contribution < -0.4 is 0 Å². The number of alkyl halides is 2. The lowest BCUT2D eigenvalue weighted by molar-refractivity contribution is -0.0638. The third-order valence-electron chi connectivity index (χ3n) is 5.05. The van der Waals surface area contributed by atoms with Gasteiger partial charge in [0.05, 0.1) is 30.4 Å². The summed E-state index contributed by atoms with van der Waals surface area (Å²) in [5, 5.41) is 12.6. The first kappa shape index (κ1) is 14.3. The van der Waals surface area contributed by atoms with Crippen molar-refractivity contribution in [2.75, 3.05) is 0 Å². The molecule has 0 aromatic carbocycles. The molecule has 3 heterocycles. The molecule has 4 rings (SSSR count). The van der Waals surface area contributed by atoms with Crippen molar-refractivity contribution in [1.29, 1.82) is 0 Å². The minimum Gasteiger partial charge on any atom is -0.393 e. The number of rotatable bonds is 3. The zero-order valence-electron chi connectivity index (χ0n) is 12.1. The van der Waals surface area contributed by atoms with E-state index >= 15 is 0 Å². The van der Waals surface area contributed by atoms with Crippen LogP contribution in [0.15, 0.2) is 24.0 Å². The second-order valence-corrected chi connectivity index (χ2v) is 7.34. The molecule has 22 heavy (non-hydrogen) atoms. The predicted molar refractivity (Wildman–Crippen MR) is 81.2 cm³/mol. The van der Waals surface area contributed by atoms with Crippen LogP contribution in [-0.2, 0) is 0 Å². The highest BCUT2D eigenvalue weighted by atomic mass is 32.1. The Bertz CT molecular complexity index is 631. The van der Waals surface area contributed by atoms with Gasteiger partial charge < -0.3 is 9.67 Å². The maximum Gasteiger partial charge on any atom is 0.248 e. The summed E-state index contributed by atoms with van der Waals surface area (Å²) < 4.78 is 28.6. The number of aromatic nitrogens is 2. The minimum atomic E-state index is -2.54. The van der Waals surface area contributed by atoms with Crippen LogP contribution in [0.3, 0.4) is 0 Å². The van der Waals surface area contributed by atoms with Crippen LogP contribution in [0, 0.1) is 5.92 Å². The van der Waals surface area contributed by atoms with Crippen molar-refractivity contribution in [2.24, 2.45) is 5.92 Å². The SMILES string of the molecule is O[C@@H](C[C@@H]1c2sccc2-c2cncn21)C1CCC(F)(F)CC1. The smallest absolute Gasteiger partial charge is 0.248 e. The molecular weight excluding hydrogens is 306 g/mol. The number of thiophene rings is 1. The Labute approximate surface area is 131 Å². The van der Waals surface area contributed by atoms with Gasteiger partial charge in [0.25, 0.3) is 0 Å². The average Bonchev–Trinajstić information content (AvgIpc) is 3.15. The van der Waals surface area contributed by atoms with E-state index in [9.17, 15) is 13.9 Å². The Balaban J connectivity index is 1.50. The van der Waals surface area contributed by atoms with Crippen LogP contribution in [-0.4, -0.2) is 26.7 Å². The quantitative estimate of drug-likeness (QED) is 0.923. The van der Waals surface area contributed by atoms with Gasteiger partial charge in [-0.1, -0.05) is 0 Å². The molecule has 2 atom stereocenters. The first-order valence-electron chi connectivity index (χ1n) is 7.71. The van der Waals surface area contributed by atoms with Gasteiger partial charge in [0, 0.05) is 23.3 Å². The highest BCUT2D eigenvalue weighted by molar-refractivity contribution is 7.10. The molecule has 2 aromatic rings. The molecule has 0 bridgehead atoms. The average molecular weight is 324 g/mol. The third kappa shape index (κ3) is 2.29. The molecule has 1 fully saturated rings. The summed E-state index contributed by atoms with van der Waals surface area (Å²) in [4.78, 5) is 5.45. The van der Waals surface area contributed by atoms with Crippen molar-refractivity contribution in [2.45, 2.75) is 50.2 Å². The van der Waals surface area contributed by atoms with Crippen molar-refractivity contribution < 1.29 is 13.9 Å². The standard InChI is InChI=1S/C16H18F2N2OS/c17-16(18)4-1-10(2-5-16)14(21)7-12-15-11(3-6-22-15)13-8-19-9-20(12)13/h3,6,8-10,12,14,21H,1-2,4-5,7H2/t12-,14+/m1/s1. The van der Waals surface area contributed by atoms with Crippen LogP contribution in [0.5, 0.6) is 0 Å². The molecule has 1 aliphatic heterocycles. The van der Waals surface area contributed by atoms with Crippen LogP contribution in [0.1, 0.15) is 43.0 Å². The molecule has 0 radical (unpaired) electrons. The zero-order valence-corrected chi connectivity index (χ0v) is 12.9. The van der Waals surface area contributed by atoms with E-state index in [4.69, 9.17) is 0 Å². The van der Waals surface area contributed by atoms with Gasteiger partial charge >= 0.3 is 0 Å². The molecule has 118 valence electrons. The maximum absolute atomic E-state index is 13.3. The molecule has 0 amide bonds. The Hall–Kier alpha value is -1.27. The highest BCUT2D eigenvalue weighted by Gasteiger charge is 2.39. The number of hydrogen-bond donors (Lipinski definition) is 1. The van der Waals surface area contributed by atoms with Gasteiger partial charge in [-0.15, -0.1) is 11.3 Å². The first-order chi connectivity index (χ1) is 10.6. The molecule has 0 unspecified atom stereocenters. The van der Waals surface area contributed by atoms with Gasteiger partial charge in [-0.2, -0.15) is 0 Å². The summed E-state index contributed by atoms with van der Waals surface area (Å²) in [5.41, 5.74) is 2.28. The van der Waals surface area contributed by atoms with Gasteiger partial charge in [0.2, 0.25) is 5.92 Å². The van der Waals surface area contributed by atoms with E-state index in [1.807, 2.05) is 6.20 Å². The van der Waals surface area contributed by atoms with Crippen LogP contribution in [0.4, 0.5) is 8.78 Å². The lowest BCUT2D eigenvalue weighted by Crippen LogP contribution is -2.32. The van der Waals surface area contributed by atoms with E-state index in [0.717, 1.165) is 5.69 Å². The molecule has 0 saturated heterocycles. The zero-order chi connectivity index (χ0) is 15.3. The largest absolute Gasteiger partial charge is 0.393 e. The molecule has 1 saturated carbocycles. The Morgan fingerprint density at radius 1 is 1.41 bits per heavy atom. The Morgan fingerprint density at radius 2 is 2.18 bits per heavy atom. The summed E-state index contributed by atoms with van der Waals surface area (Å²) in [6.07, 6.45) is 4.31. The van der Waals surface area contributed by atoms with Gasteiger partial charge in [0.15, 0.2) is 0 Å². The number of halogens is 2. The monoisotopic (exact) mass is 324 g/mol. The number of fused-ring (bicyclic) bond motifs is 3. The van der Waals surface area contributed by atoms with E-state index in [1.54, 1.807) is 17.7 Å². The summed E-state index contributed by atoms with van der Waals surface area (Å²) >= 11 is 1.69. The molecule has 3 nitrogen and oxygen atoms in total. The highest BCUT2D eigenvalue weighted by Crippen LogP contribution is 2.46. The molecule has 0 spiro atoms. The van der Waals surface area contributed by atoms with Crippen molar-refractivity contribution in [3.05, 3.63) is 28.8 Å². The summed E-state index contributed by atoms with van der Waals surface area (Å²) in [6, 6.07) is 2.17. The topological polar surface area (TPSA) is 38.1 Å². The fourth-order valence-electron chi connectivity index (χ4n) is 3.77. The van der Waals surface area contributed by atoms with Crippen molar-refractivity contribution >= 4 is 11.3 Å². The van der Waals surface area contributed by atoms with E-state index < -0.39 is 12.0 Å². The lowest BCUT2D eigenvalue weighted by Gasteiger charge is -2.32. The van der Waals surface area contributed by atoms with Crippen LogP contribution >= 0.6 is 11.3 Å². The fraction of sp³-hybridized carbons (Fsp3) is 0.562. The molecule has 2 aromatic heterocycles. The summed E-state index contributed by atoms with van der Waals surface area (Å²) in [7, 11) is 0. The fourth-order valence-corrected chi connectivity index (χ4v) is 4.78. The number of aliphatic hydroxyl groups excluding tert-OH is 1. The maximum atomic E-state index is 13.3. The minimum absolute atomic E-state index is 0.0180. The molecule has 2 aliphatic rings. The van der Waals surface area contributed by atoms with E-state index in [1.165, 1.54) is 10.4 Å². The Morgan fingerprint density at radius 3 is 2.95 bits per heavy atom. The van der Waals surface area contributed by atoms with Crippen molar-refractivity contribution in [1.82, 2.24) is 9.55 Å². The lowest BCUT2D eigenvalue weighted by atomic mass is 9.81. The van der Waals surface area contributed by atoms with E-state index in [0.29, 0.717) is 19.3 Å². The number of nitrogens with zero attached hydrogens (tertiary/aromatic N) is 2. The number of hydrogen-bond acceptors (Lipinski definition) is 3. The molecule has 1 N–H and O–H groups in total. The number of aliphatic hydroxyl groups is 1.